The van der Waals surface area contributed by atoms with Crippen LogP contribution in [-0.2, 0) is 17.8 Å². The van der Waals surface area contributed by atoms with Crippen molar-refractivity contribution in [2.45, 2.75) is 45.6 Å². The van der Waals surface area contributed by atoms with Gasteiger partial charge in [0.25, 0.3) is 0 Å². The van der Waals surface area contributed by atoms with E-state index in [0.717, 1.165) is 48.4 Å². The zero-order chi connectivity index (χ0) is 23.3. The fourth-order valence-corrected chi connectivity index (χ4v) is 4.88. The lowest BCUT2D eigenvalue weighted by Gasteiger charge is -2.42. The maximum atomic E-state index is 13.3. The summed E-state index contributed by atoms with van der Waals surface area (Å²) in [4.78, 5) is 29.0. The Morgan fingerprint density at radius 2 is 1.91 bits per heavy atom. The number of hydrogen-bond donors (Lipinski definition) is 1. The molecule has 2 aromatic heterocycles. The summed E-state index contributed by atoms with van der Waals surface area (Å²) in [5.74, 6) is 1.29. The Balaban J connectivity index is 1.58. The van der Waals surface area contributed by atoms with Gasteiger partial charge >= 0.3 is 0 Å². The number of rotatable bonds is 7. The van der Waals surface area contributed by atoms with Gasteiger partial charge in [0.2, 0.25) is 5.91 Å². The number of carbonyl (C=O) groups excluding carboxylic acids is 1. The first-order valence-corrected chi connectivity index (χ1v) is 11.7. The van der Waals surface area contributed by atoms with Gasteiger partial charge in [0.05, 0.1) is 5.41 Å². The third kappa shape index (κ3) is 5.28. The molecule has 6 heteroatoms. The van der Waals surface area contributed by atoms with Crippen LogP contribution in [0, 0.1) is 5.41 Å². The van der Waals surface area contributed by atoms with Crippen molar-refractivity contribution < 1.29 is 4.79 Å². The summed E-state index contributed by atoms with van der Waals surface area (Å²) in [6.45, 7) is 6.62. The van der Waals surface area contributed by atoms with Crippen molar-refractivity contribution in [1.82, 2.24) is 25.2 Å². The summed E-state index contributed by atoms with van der Waals surface area (Å²) < 4.78 is 0. The molecule has 1 amide bonds. The van der Waals surface area contributed by atoms with Gasteiger partial charge < -0.3 is 5.32 Å². The van der Waals surface area contributed by atoms with Crippen LogP contribution in [-0.4, -0.2) is 45.9 Å². The molecule has 1 aliphatic rings. The van der Waals surface area contributed by atoms with Gasteiger partial charge in [-0.3, -0.25) is 14.7 Å². The molecule has 1 fully saturated rings. The highest BCUT2D eigenvalue weighted by Gasteiger charge is 2.42. The zero-order valence-electron chi connectivity index (χ0n) is 19.8. The van der Waals surface area contributed by atoms with Gasteiger partial charge in [0.15, 0.2) is 0 Å². The largest absolute Gasteiger partial charge is 0.359 e. The molecule has 0 bridgehead atoms. The molecule has 0 aliphatic carbocycles. The summed E-state index contributed by atoms with van der Waals surface area (Å²) in [6.07, 6.45) is 10.1. The Bertz CT molecular complexity index is 1070. The van der Waals surface area contributed by atoms with Crippen LogP contribution < -0.4 is 5.32 Å². The minimum atomic E-state index is -0.482. The maximum absolute atomic E-state index is 13.3. The van der Waals surface area contributed by atoms with Crippen molar-refractivity contribution in [3.63, 3.8) is 0 Å². The number of hydrogen-bond acceptors (Lipinski definition) is 5. The Morgan fingerprint density at radius 1 is 1.12 bits per heavy atom. The highest BCUT2D eigenvalue weighted by molar-refractivity contribution is 5.83. The smallest absolute Gasteiger partial charge is 0.227 e. The van der Waals surface area contributed by atoms with Gasteiger partial charge in [-0.05, 0) is 43.0 Å². The zero-order valence-corrected chi connectivity index (χ0v) is 19.8. The molecule has 3 aromatic rings. The molecule has 1 aliphatic heterocycles. The van der Waals surface area contributed by atoms with Gasteiger partial charge in [-0.15, -0.1) is 0 Å². The monoisotopic (exact) mass is 443 g/mol. The van der Waals surface area contributed by atoms with Gasteiger partial charge in [0, 0.05) is 62.0 Å². The normalized spacial score (nSPS) is 18.9. The molecular weight excluding hydrogens is 410 g/mol. The lowest BCUT2D eigenvalue weighted by atomic mass is 9.73. The average Bonchev–Trinajstić information content (AvgIpc) is 2.85. The van der Waals surface area contributed by atoms with E-state index in [-0.39, 0.29) is 5.91 Å². The Labute approximate surface area is 196 Å². The second-order valence-electron chi connectivity index (χ2n) is 9.35. The van der Waals surface area contributed by atoms with Crippen LogP contribution >= 0.6 is 0 Å². The van der Waals surface area contributed by atoms with Crippen molar-refractivity contribution in [3.05, 3.63) is 78.1 Å². The Morgan fingerprint density at radius 3 is 2.61 bits per heavy atom. The van der Waals surface area contributed by atoms with E-state index in [1.54, 1.807) is 13.2 Å². The maximum Gasteiger partial charge on any atom is 0.227 e. The van der Waals surface area contributed by atoms with E-state index in [1.807, 2.05) is 30.7 Å². The minimum Gasteiger partial charge on any atom is -0.359 e. The molecule has 1 unspecified atom stereocenters. The predicted molar refractivity (Wildman–Crippen MR) is 131 cm³/mol. The molecule has 172 valence electrons. The molecule has 1 aromatic carbocycles. The van der Waals surface area contributed by atoms with Crippen LogP contribution in [0.25, 0.3) is 11.1 Å². The van der Waals surface area contributed by atoms with Crippen molar-refractivity contribution in [2.24, 2.45) is 5.41 Å². The van der Waals surface area contributed by atoms with E-state index in [4.69, 9.17) is 0 Å². The van der Waals surface area contributed by atoms with Crippen molar-refractivity contribution >= 4 is 5.91 Å². The molecule has 1 N–H and O–H groups in total. The first kappa shape index (κ1) is 23.1. The molecule has 0 spiro atoms. The van der Waals surface area contributed by atoms with Crippen molar-refractivity contribution in [2.75, 3.05) is 20.1 Å². The number of pyridine rings is 1. The van der Waals surface area contributed by atoms with E-state index in [0.29, 0.717) is 18.9 Å². The number of carbonyl (C=O) groups is 1. The first-order chi connectivity index (χ1) is 16.0. The third-order valence-electron chi connectivity index (χ3n) is 6.53. The lowest BCUT2D eigenvalue weighted by Crippen LogP contribution is -2.52. The van der Waals surface area contributed by atoms with E-state index in [9.17, 15) is 4.79 Å². The molecule has 3 heterocycles. The number of likely N-dealkylation sites (tertiary alicyclic amines) is 1. The molecule has 0 radical (unpaired) electrons. The second kappa shape index (κ2) is 10.2. The molecule has 6 nitrogen and oxygen atoms in total. The summed E-state index contributed by atoms with van der Waals surface area (Å²) in [7, 11) is 1.74. The summed E-state index contributed by atoms with van der Waals surface area (Å²) >= 11 is 0. The molecule has 4 rings (SSSR count). The van der Waals surface area contributed by atoms with Gasteiger partial charge in [-0.2, -0.15) is 0 Å². The number of amides is 1. The lowest BCUT2D eigenvalue weighted by molar-refractivity contribution is -0.134. The standard InChI is InChI=1S/C27H33N5O/c1-20(2)25-30-15-21(16-31-25)18-32-13-7-11-27(19-32,26(33)28-3)14-22-8-4-5-10-24(22)23-9-6-12-29-17-23/h4-6,8-10,12,15-17,20H,7,11,13-14,18-19H2,1-3H3,(H,28,33). The summed E-state index contributed by atoms with van der Waals surface area (Å²) in [5.41, 5.74) is 4.01. The van der Waals surface area contributed by atoms with E-state index >= 15 is 0 Å². The average molecular weight is 444 g/mol. The quantitative estimate of drug-likeness (QED) is 0.592. The summed E-state index contributed by atoms with van der Waals surface area (Å²) in [6, 6.07) is 12.4. The van der Waals surface area contributed by atoms with Crippen LogP contribution in [0.4, 0.5) is 0 Å². The predicted octanol–water partition coefficient (Wildman–Crippen LogP) is 4.23. The van der Waals surface area contributed by atoms with Crippen LogP contribution in [0.5, 0.6) is 0 Å². The number of aromatic nitrogens is 3. The first-order valence-electron chi connectivity index (χ1n) is 11.7. The van der Waals surface area contributed by atoms with Gasteiger partial charge in [-0.25, -0.2) is 9.97 Å². The Hall–Kier alpha value is -3.12. The number of benzene rings is 1. The van der Waals surface area contributed by atoms with Crippen molar-refractivity contribution in [3.8, 4) is 11.1 Å². The van der Waals surface area contributed by atoms with Gasteiger partial charge in [0.1, 0.15) is 5.82 Å². The van der Waals surface area contributed by atoms with Crippen LogP contribution in [0.1, 0.15) is 49.6 Å². The molecule has 0 saturated carbocycles. The topological polar surface area (TPSA) is 71.0 Å². The molecule has 1 saturated heterocycles. The second-order valence-corrected chi connectivity index (χ2v) is 9.35. The number of piperidine rings is 1. The van der Waals surface area contributed by atoms with Gasteiger partial charge in [-0.1, -0.05) is 44.2 Å². The van der Waals surface area contributed by atoms with Crippen LogP contribution in [0.3, 0.4) is 0 Å². The van der Waals surface area contributed by atoms with E-state index in [1.165, 1.54) is 5.56 Å². The van der Waals surface area contributed by atoms with Crippen LogP contribution in [0.2, 0.25) is 0 Å². The molecular formula is C27H33N5O. The highest BCUT2D eigenvalue weighted by atomic mass is 16.2. The fourth-order valence-electron chi connectivity index (χ4n) is 4.88. The fraction of sp³-hybridized carbons (Fsp3) is 0.407. The van der Waals surface area contributed by atoms with Crippen molar-refractivity contribution in [1.29, 1.82) is 0 Å². The third-order valence-corrected chi connectivity index (χ3v) is 6.53. The summed E-state index contributed by atoms with van der Waals surface area (Å²) in [5, 5.41) is 2.96. The number of nitrogens with one attached hydrogen (secondary N) is 1. The van der Waals surface area contributed by atoms with E-state index < -0.39 is 5.41 Å². The molecule has 33 heavy (non-hydrogen) atoms. The highest BCUT2D eigenvalue weighted by Crippen LogP contribution is 2.37. The molecule has 1 atom stereocenters. The Kier molecular flexibility index (Phi) is 7.14. The van der Waals surface area contributed by atoms with Crippen LogP contribution in [0.15, 0.2) is 61.2 Å². The SMILES string of the molecule is CNC(=O)C1(Cc2ccccc2-c2cccnc2)CCCN(Cc2cnc(C(C)C)nc2)C1. The van der Waals surface area contributed by atoms with E-state index in [2.05, 4.69) is 63.3 Å². The minimum absolute atomic E-state index is 0.111. The number of nitrogens with zero attached hydrogens (tertiary/aromatic N) is 4.